The van der Waals surface area contributed by atoms with Gasteiger partial charge in [0.15, 0.2) is 0 Å². The maximum atomic E-state index is 5.99. The third kappa shape index (κ3) is 4.04. The monoisotopic (exact) mass is 360 g/mol. The van der Waals surface area contributed by atoms with Gasteiger partial charge in [-0.3, -0.25) is 9.88 Å². The Kier molecular flexibility index (Phi) is 5.14. The van der Waals surface area contributed by atoms with Crippen LogP contribution in [0.2, 0.25) is 5.02 Å². The second-order valence-electron chi connectivity index (χ2n) is 6.62. The molecule has 1 aromatic heterocycles. The van der Waals surface area contributed by atoms with Gasteiger partial charge in [-0.25, -0.2) is 0 Å². The Morgan fingerprint density at radius 1 is 0.885 bits per heavy atom. The molecule has 26 heavy (non-hydrogen) atoms. The summed E-state index contributed by atoms with van der Waals surface area (Å²) in [5, 5.41) is 0.761. The average Bonchev–Trinajstić information content (AvgIpc) is 2.70. The van der Waals surface area contributed by atoms with Crippen LogP contribution in [0.3, 0.4) is 0 Å². The van der Waals surface area contributed by atoms with Crippen LogP contribution >= 0.6 is 11.6 Å². The first kappa shape index (κ1) is 17.0. The van der Waals surface area contributed by atoms with Crippen molar-refractivity contribution in [2.45, 2.75) is 13.0 Å². The van der Waals surface area contributed by atoms with Gasteiger partial charge in [0.05, 0.1) is 5.69 Å². The highest BCUT2D eigenvalue weighted by Gasteiger charge is 2.14. The molecule has 2 aromatic carbocycles. The maximum absolute atomic E-state index is 5.99. The molecule has 0 unspecified atom stereocenters. The summed E-state index contributed by atoms with van der Waals surface area (Å²) < 4.78 is 0. The van der Waals surface area contributed by atoms with Crippen molar-refractivity contribution in [1.82, 2.24) is 9.88 Å². The molecule has 2 nitrogen and oxygen atoms in total. The predicted molar refractivity (Wildman–Crippen MR) is 109 cm³/mol. The van der Waals surface area contributed by atoms with E-state index >= 15 is 0 Å². The Bertz CT molecular complexity index is 901. The number of halogens is 1. The van der Waals surface area contributed by atoms with Crippen molar-refractivity contribution in [3.05, 3.63) is 95.3 Å². The lowest BCUT2D eigenvalue weighted by atomic mass is 9.99. The molecular formula is C23H21ClN2. The molecule has 4 rings (SSSR count). The van der Waals surface area contributed by atoms with Gasteiger partial charge in [0, 0.05) is 30.9 Å². The first-order valence-electron chi connectivity index (χ1n) is 8.95. The molecule has 0 fully saturated rings. The number of aromatic nitrogens is 1. The maximum Gasteiger partial charge on any atom is 0.0550 e. The zero-order valence-electron chi connectivity index (χ0n) is 14.6. The van der Waals surface area contributed by atoms with Crippen molar-refractivity contribution in [3.63, 3.8) is 0 Å². The Morgan fingerprint density at radius 3 is 2.42 bits per heavy atom. The molecule has 0 bridgehead atoms. The summed E-state index contributed by atoms with van der Waals surface area (Å²) in [6, 6.07) is 22.9. The van der Waals surface area contributed by atoms with Crippen LogP contribution in [0.1, 0.15) is 17.7 Å². The van der Waals surface area contributed by atoms with Gasteiger partial charge in [-0.2, -0.15) is 0 Å². The van der Waals surface area contributed by atoms with Crippen LogP contribution in [-0.2, 0) is 6.54 Å². The molecule has 2 heterocycles. The van der Waals surface area contributed by atoms with Crippen molar-refractivity contribution in [3.8, 4) is 11.1 Å². The largest absolute Gasteiger partial charge is 0.294 e. The second-order valence-corrected chi connectivity index (χ2v) is 7.06. The minimum Gasteiger partial charge on any atom is -0.294 e. The fourth-order valence-corrected chi connectivity index (χ4v) is 3.51. The summed E-state index contributed by atoms with van der Waals surface area (Å²) in [5.41, 5.74) is 6.25. The third-order valence-electron chi connectivity index (χ3n) is 4.82. The molecular weight excluding hydrogens is 340 g/mol. The van der Waals surface area contributed by atoms with Crippen molar-refractivity contribution in [2.24, 2.45) is 0 Å². The minimum absolute atomic E-state index is 0.761. The molecule has 0 radical (unpaired) electrons. The summed E-state index contributed by atoms with van der Waals surface area (Å²) in [7, 11) is 0. The Morgan fingerprint density at radius 2 is 1.69 bits per heavy atom. The molecule has 0 saturated carbocycles. The van der Waals surface area contributed by atoms with E-state index in [1.165, 1.54) is 22.3 Å². The normalized spacial score (nSPS) is 14.9. The van der Waals surface area contributed by atoms with E-state index in [4.69, 9.17) is 11.6 Å². The van der Waals surface area contributed by atoms with Crippen molar-refractivity contribution in [2.75, 3.05) is 13.1 Å². The van der Waals surface area contributed by atoms with E-state index in [9.17, 15) is 0 Å². The van der Waals surface area contributed by atoms with Gasteiger partial charge in [0.25, 0.3) is 0 Å². The summed E-state index contributed by atoms with van der Waals surface area (Å²) >= 11 is 5.99. The fraction of sp³-hybridized carbons (Fsp3) is 0.174. The average molecular weight is 361 g/mol. The molecule has 0 saturated heterocycles. The minimum atomic E-state index is 0.761. The fourth-order valence-electron chi connectivity index (χ4n) is 3.38. The number of nitrogens with zero attached hydrogens (tertiary/aromatic N) is 2. The molecule has 0 aliphatic carbocycles. The van der Waals surface area contributed by atoms with Crippen LogP contribution in [0, 0.1) is 0 Å². The number of benzene rings is 2. The van der Waals surface area contributed by atoms with Crippen LogP contribution in [0.5, 0.6) is 0 Å². The summed E-state index contributed by atoms with van der Waals surface area (Å²) in [6.07, 6.45) is 5.33. The molecule has 0 atom stereocenters. The Balaban J connectivity index is 1.45. The highest BCUT2D eigenvalue weighted by Crippen LogP contribution is 2.24. The topological polar surface area (TPSA) is 16.1 Å². The van der Waals surface area contributed by atoms with Crippen LogP contribution in [0.25, 0.3) is 16.7 Å². The lowest BCUT2D eigenvalue weighted by Crippen LogP contribution is -2.28. The summed E-state index contributed by atoms with van der Waals surface area (Å²) in [4.78, 5) is 7.01. The zero-order chi connectivity index (χ0) is 17.8. The molecule has 130 valence electrons. The van der Waals surface area contributed by atoms with Crippen LogP contribution < -0.4 is 0 Å². The smallest absolute Gasteiger partial charge is 0.0550 e. The number of hydrogen-bond donors (Lipinski definition) is 0. The van der Waals surface area contributed by atoms with E-state index in [1.54, 1.807) is 0 Å². The Labute approximate surface area is 159 Å². The van der Waals surface area contributed by atoms with E-state index in [-0.39, 0.29) is 0 Å². The van der Waals surface area contributed by atoms with Gasteiger partial charge in [-0.15, -0.1) is 0 Å². The number of rotatable bonds is 4. The van der Waals surface area contributed by atoms with Crippen molar-refractivity contribution >= 4 is 17.2 Å². The lowest BCUT2D eigenvalue weighted by Gasteiger charge is -2.26. The quantitative estimate of drug-likeness (QED) is 0.594. The van der Waals surface area contributed by atoms with Crippen LogP contribution in [0.4, 0.5) is 0 Å². The lowest BCUT2D eigenvalue weighted by molar-refractivity contribution is 0.290. The molecule has 0 amide bonds. The van der Waals surface area contributed by atoms with E-state index in [0.717, 1.165) is 36.8 Å². The number of hydrogen-bond acceptors (Lipinski definition) is 2. The highest BCUT2D eigenvalue weighted by molar-refractivity contribution is 6.30. The SMILES string of the molecule is Clc1ccc(-c2ccnc(CN3CC=C(c4ccccc4)CC3)c2)cc1. The van der Waals surface area contributed by atoms with Gasteiger partial charge < -0.3 is 0 Å². The molecule has 0 N–H and O–H groups in total. The van der Waals surface area contributed by atoms with E-state index in [1.807, 2.05) is 18.3 Å². The molecule has 1 aliphatic rings. The van der Waals surface area contributed by atoms with Crippen LogP contribution in [-0.4, -0.2) is 23.0 Å². The van der Waals surface area contributed by atoms with E-state index in [0.29, 0.717) is 0 Å². The van der Waals surface area contributed by atoms with Crippen molar-refractivity contribution < 1.29 is 0 Å². The predicted octanol–water partition coefficient (Wildman–Crippen LogP) is 5.69. The van der Waals surface area contributed by atoms with Crippen LogP contribution in [0.15, 0.2) is 79.0 Å². The van der Waals surface area contributed by atoms with Gasteiger partial charge in [0.1, 0.15) is 0 Å². The molecule has 1 aliphatic heterocycles. The Hall–Kier alpha value is -2.42. The van der Waals surface area contributed by atoms with Gasteiger partial charge in [-0.05, 0) is 52.9 Å². The first-order chi connectivity index (χ1) is 12.8. The van der Waals surface area contributed by atoms with Gasteiger partial charge in [-0.1, -0.05) is 60.1 Å². The second kappa shape index (κ2) is 7.86. The number of pyridine rings is 1. The van der Waals surface area contributed by atoms with Gasteiger partial charge in [0.2, 0.25) is 0 Å². The summed E-state index contributed by atoms with van der Waals surface area (Å²) in [6.45, 7) is 2.91. The third-order valence-corrected chi connectivity index (χ3v) is 5.07. The molecule has 0 spiro atoms. The van der Waals surface area contributed by atoms with E-state index < -0.39 is 0 Å². The summed E-state index contributed by atoms with van der Waals surface area (Å²) in [5.74, 6) is 0. The van der Waals surface area contributed by atoms with Crippen molar-refractivity contribution in [1.29, 1.82) is 0 Å². The van der Waals surface area contributed by atoms with E-state index in [2.05, 4.69) is 70.6 Å². The highest BCUT2D eigenvalue weighted by atomic mass is 35.5. The first-order valence-corrected chi connectivity index (χ1v) is 9.33. The molecule has 3 heteroatoms. The molecule has 3 aromatic rings. The zero-order valence-corrected chi connectivity index (χ0v) is 15.4. The standard InChI is InChI=1S/C23H21ClN2/c24-22-8-6-19(7-9-22)21-10-13-25-23(16-21)17-26-14-11-20(12-15-26)18-4-2-1-3-5-18/h1-11,13,16H,12,14-15,17H2. The van der Waals surface area contributed by atoms with Gasteiger partial charge >= 0.3 is 0 Å².